The van der Waals surface area contributed by atoms with Gasteiger partial charge in [0.1, 0.15) is 11.6 Å². The fraction of sp³-hybridized carbons (Fsp3) is 0.875. The van der Waals surface area contributed by atoms with E-state index in [1.807, 2.05) is 20.8 Å². The predicted molar refractivity (Wildman–Crippen MR) is 80.8 cm³/mol. The Labute approximate surface area is 127 Å². The molecular formula is C16H28N2O3. The van der Waals surface area contributed by atoms with Crippen molar-refractivity contribution in [2.75, 3.05) is 19.8 Å². The van der Waals surface area contributed by atoms with Crippen molar-refractivity contribution in [1.82, 2.24) is 10.2 Å². The summed E-state index contributed by atoms with van der Waals surface area (Å²) in [5, 5.41) is 2.89. The van der Waals surface area contributed by atoms with Crippen LogP contribution in [0.3, 0.4) is 0 Å². The number of amides is 2. The molecule has 1 aliphatic carbocycles. The first-order valence-electron chi connectivity index (χ1n) is 8.22. The number of carbonyl (C=O) groups is 2. The monoisotopic (exact) mass is 296 g/mol. The Bertz CT molecular complexity index is 395. The minimum absolute atomic E-state index is 0.0275. The summed E-state index contributed by atoms with van der Waals surface area (Å²) in [7, 11) is 0. The van der Waals surface area contributed by atoms with Crippen LogP contribution in [0.4, 0.5) is 0 Å². The number of nitrogens with zero attached hydrogens (tertiary/aromatic N) is 1. The van der Waals surface area contributed by atoms with Gasteiger partial charge in [0, 0.05) is 19.8 Å². The molecule has 1 N–H and O–H groups in total. The van der Waals surface area contributed by atoms with E-state index < -0.39 is 5.54 Å². The first-order valence-corrected chi connectivity index (χ1v) is 8.22. The fourth-order valence-corrected chi connectivity index (χ4v) is 2.78. The lowest BCUT2D eigenvalue weighted by Gasteiger charge is -2.44. The van der Waals surface area contributed by atoms with Gasteiger partial charge in [-0.15, -0.1) is 0 Å². The minimum atomic E-state index is -0.752. The molecule has 2 aliphatic rings. The third-order valence-electron chi connectivity index (χ3n) is 4.64. The van der Waals surface area contributed by atoms with Gasteiger partial charge in [-0.05, 0) is 44.9 Å². The lowest BCUT2D eigenvalue weighted by molar-refractivity contribution is -0.154. The molecule has 1 heterocycles. The van der Waals surface area contributed by atoms with Crippen LogP contribution < -0.4 is 5.32 Å². The molecule has 0 aromatic carbocycles. The van der Waals surface area contributed by atoms with Gasteiger partial charge in [0.2, 0.25) is 11.8 Å². The van der Waals surface area contributed by atoms with Crippen LogP contribution in [0.2, 0.25) is 0 Å². The van der Waals surface area contributed by atoms with Crippen molar-refractivity contribution >= 4 is 11.8 Å². The van der Waals surface area contributed by atoms with Gasteiger partial charge >= 0.3 is 0 Å². The molecule has 0 bridgehead atoms. The summed E-state index contributed by atoms with van der Waals surface area (Å²) in [5.74, 6) is 0.776. The summed E-state index contributed by atoms with van der Waals surface area (Å²) < 4.78 is 5.62. The molecule has 1 saturated heterocycles. The second-order valence-electron chi connectivity index (χ2n) is 6.47. The highest BCUT2D eigenvalue weighted by atomic mass is 16.5. The Kier molecular flexibility index (Phi) is 5.25. The zero-order chi connectivity index (χ0) is 15.5. The molecule has 120 valence electrons. The molecule has 2 atom stereocenters. The van der Waals surface area contributed by atoms with Crippen LogP contribution in [0, 0.1) is 5.92 Å². The second-order valence-corrected chi connectivity index (χ2v) is 6.47. The lowest BCUT2D eigenvalue weighted by atomic mass is 9.91. The Hall–Kier alpha value is -1.10. The summed E-state index contributed by atoms with van der Waals surface area (Å²) in [6, 6.07) is -0.333. The normalized spacial score (nSPS) is 29.7. The molecule has 5 heteroatoms. The standard InChI is InChI=1S/C16H28N2O3/c1-4-13-14(19)17-16(3,5-2)15(20)18(13)9-6-10-21-11-12-7-8-12/h12-13H,4-11H2,1-3H3,(H,17,19). The van der Waals surface area contributed by atoms with Gasteiger partial charge in [-0.1, -0.05) is 13.8 Å². The summed E-state index contributed by atoms with van der Waals surface area (Å²) in [6.45, 7) is 7.81. The van der Waals surface area contributed by atoms with E-state index in [1.54, 1.807) is 4.90 Å². The minimum Gasteiger partial charge on any atom is -0.381 e. The molecule has 5 nitrogen and oxygen atoms in total. The molecule has 0 spiro atoms. The first-order chi connectivity index (χ1) is 10.0. The summed E-state index contributed by atoms with van der Waals surface area (Å²) >= 11 is 0. The van der Waals surface area contributed by atoms with Crippen LogP contribution in [0.5, 0.6) is 0 Å². The highest BCUT2D eigenvalue weighted by molar-refractivity contribution is 5.99. The highest BCUT2D eigenvalue weighted by Gasteiger charge is 2.45. The van der Waals surface area contributed by atoms with Crippen molar-refractivity contribution in [2.24, 2.45) is 5.92 Å². The van der Waals surface area contributed by atoms with E-state index in [1.165, 1.54) is 12.8 Å². The van der Waals surface area contributed by atoms with Crippen molar-refractivity contribution in [3.63, 3.8) is 0 Å². The number of piperazine rings is 1. The lowest BCUT2D eigenvalue weighted by Crippen LogP contribution is -2.69. The smallest absolute Gasteiger partial charge is 0.248 e. The zero-order valence-corrected chi connectivity index (χ0v) is 13.5. The van der Waals surface area contributed by atoms with E-state index in [0.29, 0.717) is 26.0 Å². The van der Waals surface area contributed by atoms with Crippen LogP contribution in [-0.2, 0) is 14.3 Å². The number of rotatable bonds is 8. The molecular weight excluding hydrogens is 268 g/mol. The van der Waals surface area contributed by atoms with E-state index in [-0.39, 0.29) is 17.9 Å². The van der Waals surface area contributed by atoms with Gasteiger partial charge < -0.3 is 15.0 Å². The van der Waals surface area contributed by atoms with Gasteiger partial charge in [-0.3, -0.25) is 9.59 Å². The van der Waals surface area contributed by atoms with Crippen LogP contribution in [-0.4, -0.2) is 48.1 Å². The van der Waals surface area contributed by atoms with Crippen LogP contribution in [0.15, 0.2) is 0 Å². The molecule has 0 aromatic rings. The molecule has 2 fully saturated rings. The molecule has 0 radical (unpaired) electrons. The maximum absolute atomic E-state index is 12.6. The molecule has 2 unspecified atom stereocenters. The Morgan fingerprint density at radius 2 is 2.05 bits per heavy atom. The Morgan fingerprint density at radius 3 is 2.62 bits per heavy atom. The molecule has 1 aliphatic heterocycles. The topological polar surface area (TPSA) is 58.6 Å². The number of ether oxygens (including phenoxy) is 1. The number of nitrogens with one attached hydrogen (secondary N) is 1. The Balaban J connectivity index is 1.88. The van der Waals surface area contributed by atoms with E-state index >= 15 is 0 Å². The third kappa shape index (κ3) is 3.76. The van der Waals surface area contributed by atoms with Gasteiger partial charge in [0.05, 0.1) is 0 Å². The molecule has 2 amide bonds. The number of hydrogen-bond donors (Lipinski definition) is 1. The van der Waals surface area contributed by atoms with E-state index in [4.69, 9.17) is 4.74 Å². The van der Waals surface area contributed by atoms with Crippen LogP contribution in [0.1, 0.15) is 52.9 Å². The fourth-order valence-electron chi connectivity index (χ4n) is 2.78. The average molecular weight is 296 g/mol. The highest BCUT2D eigenvalue weighted by Crippen LogP contribution is 2.28. The molecule has 1 saturated carbocycles. The third-order valence-corrected chi connectivity index (χ3v) is 4.64. The molecule has 21 heavy (non-hydrogen) atoms. The van der Waals surface area contributed by atoms with Crippen molar-refractivity contribution in [3.8, 4) is 0 Å². The first kappa shape index (κ1) is 16.3. The maximum Gasteiger partial charge on any atom is 0.248 e. The van der Waals surface area contributed by atoms with Gasteiger partial charge in [-0.2, -0.15) is 0 Å². The Morgan fingerprint density at radius 1 is 1.33 bits per heavy atom. The predicted octanol–water partition coefficient (Wildman–Crippen LogP) is 1.71. The SMILES string of the molecule is CCC1C(=O)NC(C)(CC)C(=O)N1CCCOCC1CC1. The van der Waals surface area contributed by atoms with Crippen molar-refractivity contribution in [2.45, 2.75) is 64.5 Å². The summed E-state index contributed by atoms with van der Waals surface area (Å²) in [5.41, 5.74) is -0.752. The van der Waals surface area contributed by atoms with Crippen LogP contribution >= 0.6 is 0 Å². The molecule has 0 aromatic heterocycles. The van der Waals surface area contributed by atoms with Gasteiger partial charge in [-0.25, -0.2) is 0 Å². The van der Waals surface area contributed by atoms with E-state index in [2.05, 4.69) is 5.32 Å². The van der Waals surface area contributed by atoms with E-state index in [9.17, 15) is 9.59 Å². The number of hydrogen-bond acceptors (Lipinski definition) is 3. The summed E-state index contributed by atoms with van der Waals surface area (Å²) in [4.78, 5) is 26.6. The second kappa shape index (κ2) is 6.77. The maximum atomic E-state index is 12.6. The van der Waals surface area contributed by atoms with Crippen molar-refractivity contribution < 1.29 is 14.3 Å². The largest absolute Gasteiger partial charge is 0.381 e. The molecule has 2 rings (SSSR count). The average Bonchev–Trinajstić information content (AvgIpc) is 3.28. The van der Waals surface area contributed by atoms with Gasteiger partial charge in [0.15, 0.2) is 0 Å². The van der Waals surface area contributed by atoms with Crippen molar-refractivity contribution in [1.29, 1.82) is 0 Å². The van der Waals surface area contributed by atoms with Crippen molar-refractivity contribution in [3.05, 3.63) is 0 Å². The zero-order valence-electron chi connectivity index (χ0n) is 13.5. The summed E-state index contributed by atoms with van der Waals surface area (Å²) in [6.07, 6.45) is 4.64. The quantitative estimate of drug-likeness (QED) is 0.694. The number of carbonyl (C=O) groups excluding carboxylic acids is 2. The van der Waals surface area contributed by atoms with Crippen LogP contribution in [0.25, 0.3) is 0 Å². The van der Waals surface area contributed by atoms with Gasteiger partial charge in [0.25, 0.3) is 0 Å². The van der Waals surface area contributed by atoms with E-state index in [0.717, 1.165) is 18.9 Å².